The summed E-state index contributed by atoms with van der Waals surface area (Å²) >= 11 is 0. The van der Waals surface area contributed by atoms with Crippen LogP contribution in [0.3, 0.4) is 0 Å². The van der Waals surface area contributed by atoms with Gasteiger partial charge < -0.3 is 28.6 Å². The van der Waals surface area contributed by atoms with Crippen LogP contribution < -0.4 is 23.8 Å². The molecule has 0 spiro atoms. The SMILES string of the molecule is COc1ccc(C2(c3ccc(OC)cc3)C=Cc3c4c(c5cc(N6CCOCC6)c(OC)cc5c3O2)-c2cc(F)cc(F)c2C4(C)C)cc1. The summed E-state index contributed by atoms with van der Waals surface area (Å²) in [7, 11) is 4.94. The van der Waals surface area contributed by atoms with Crippen molar-refractivity contribution in [2.45, 2.75) is 24.9 Å². The number of ether oxygens (including phenoxy) is 5. The van der Waals surface area contributed by atoms with Crippen LogP contribution in [0.2, 0.25) is 0 Å². The molecule has 2 heterocycles. The lowest BCUT2D eigenvalue weighted by Crippen LogP contribution is -2.36. The topological polar surface area (TPSA) is 49.4 Å². The number of rotatable bonds is 6. The van der Waals surface area contributed by atoms with Gasteiger partial charge in [0.25, 0.3) is 0 Å². The lowest BCUT2D eigenvalue weighted by Gasteiger charge is -2.39. The number of hydrogen-bond acceptors (Lipinski definition) is 6. The van der Waals surface area contributed by atoms with E-state index in [1.165, 1.54) is 6.07 Å². The smallest absolute Gasteiger partial charge is 0.178 e. The van der Waals surface area contributed by atoms with E-state index >= 15 is 8.78 Å². The van der Waals surface area contributed by atoms with Crippen molar-refractivity contribution in [3.63, 3.8) is 0 Å². The van der Waals surface area contributed by atoms with Gasteiger partial charge in [0, 0.05) is 52.2 Å². The quantitative estimate of drug-likeness (QED) is 0.182. The second kappa shape index (κ2) is 11.5. The molecule has 2 aliphatic heterocycles. The summed E-state index contributed by atoms with van der Waals surface area (Å²) < 4.78 is 61.0. The van der Waals surface area contributed by atoms with E-state index < -0.39 is 22.7 Å². The van der Waals surface area contributed by atoms with Crippen molar-refractivity contribution in [2.75, 3.05) is 52.5 Å². The molecular weight excluding hydrogens is 624 g/mol. The van der Waals surface area contributed by atoms with Gasteiger partial charge in [0.2, 0.25) is 0 Å². The zero-order chi connectivity index (χ0) is 34.1. The van der Waals surface area contributed by atoms with Gasteiger partial charge in [0.15, 0.2) is 5.60 Å². The first-order valence-electron chi connectivity index (χ1n) is 16.4. The van der Waals surface area contributed by atoms with Gasteiger partial charge in [-0.25, -0.2) is 8.78 Å². The molecule has 0 unspecified atom stereocenters. The highest BCUT2D eigenvalue weighted by Gasteiger charge is 2.46. The van der Waals surface area contributed by atoms with Crippen molar-refractivity contribution >= 4 is 22.5 Å². The fraction of sp³-hybridized carbons (Fsp3) is 0.268. The Morgan fingerprint density at radius 3 is 1.96 bits per heavy atom. The van der Waals surface area contributed by atoms with E-state index in [-0.39, 0.29) is 0 Å². The molecule has 49 heavy (non-hydrogen) atoms. The van der Waals surface area contributed by atoms with Crippen LogP contribution in [0.15, 0.2) is 78.9 Å². The first kappa shape index (κ1) is 31.2. The molecule has 8 rings (SSSR count). The molecule has 6 nitrogen and oxygen atoms in total. The molecule has 8 heteroatoms. The maximum Gasteiger partial charge on any atom is 0.178 e. The largest absolute Gasteiger partial charge is 0.497 e. The summed E-state index contributed by atoms with van der Waals surface area (Å²) in [6.07, 6.45) is 4.14. The molecule has 0 bridgehead atoms. The maximum atomic E-state index is 15.9. The summed E-state index contributed by atoms with van der Waals surface area (Å²) in [5.74, 6) is 1.59. The highest BCUT2D eigenvalue weighted by atomic mass is 19.1. The van der Waals surface area contributed by atoms with Gasteiger partial charge in [0.05, 0.1) is 40.2 Å². The zero-order valence-electron chi connectivity index (χ0n) is 28.2. The van der Waals surface area contributed by atoms with Crippen molar-refractivity contribution in [1.29, 1.82) is 0 Å². The second-order valence-electron chi connectivity index (χ2n) is 13.2. The highest BCUT2D eigenvalue weighted by molar-refractivity contribution is 6.10. The highest BCUT2D eigenvalue weighted by Crippen LogP contribution is 2.59. The number of anilines is 1. The maximum absolute atomic E-state index is 15.9. The van der Waals surface area contributed by atoms with Gasteiger partial charge in [-0.1, -0.05) is 44.2 Å². The molecule has 0 amide bonds. The van der Waals surface area contributed by atoms with E-state index in [1.54, 1.807) is 21.3 Å². The third-order valence-electron chi connectivity index (χ3n) is 10.3. The van der Waals surface area contributed by atoms with E-state index in [4.69, 9.17) is 23.7 Å². The predicted octanol–water partition coefficient (Wildman–Crippen LogP) is 8.64. The van der Waals surface area contributed by atoms with Crippen LogP contribution >= 0.6 is 0 Å². The molecule has 250 valence electrons. The standard InChI is InChI=1S/C41H37F2NO5/c1-40(2)37-32(20-26(42)21-33(37)43)36-30-22-34(44-16-18-48-19-17-44)35(47-5)23-31(30)39-29(38(36)40)14-15-41(49-39,24-6-10-27(45-3)11-7-24)25-8-12-28(46-4)13-9-25/h6-15,20-23H,16-19H2,1-5H3. The predicted molar refractivity (Wildman–Crippen MR) is 187 cm³/mol. The Morgan fingerprint density at radius 2 is 1.37 bits per heavy atom. The average Bonchev–Trinajstić information content (AvgIpc) is 3.37. The van der Waals surface area contributed by atoms with E-state index in [0.29, 0.717) is 48.9 Å². The normalized spacial score (nSPS) is 16.8. The van der Waals surface area contributed by atoms with Gasteiger partial charge in [-0.3, -0.25) is 0 Å². The van der Waals surface area contributed by atoms with Gasteiger partial charge in [-0.15, -0.1) is 0 Å². The van der Waals surface area contributed by atoms with Crippen LogP contribution in [0.1, 0.15) is 41.7 Å². The van der Waals surface area contributed by atoms with E-state index in [2.05, 4.69) is 23.1 Å². The lowest BCUT2D eigenvalue weighted by atomic mass is 9.76. The Kier molecular flexibility index (Phi) is 7.33. The molecule has 0 saturated carbocycles. The minimum absolute atomic E-state index is 0.470. The van der Waals surface area contributed by atoms with Crippen molar-refractivity contribution in [3.8, 4) is 34.1 Å². The van der Waals surface area contributed by atoms with Crippen LogP contribution in [0.25, 0.3) is 28.0 Å². The second-order valence-corrected chi connectivity index (χ2v) is 13.2. The van der Waals surface area contributed by atoms with E-state index in [0.717, 1.165) is 61.8 Å². The monoisotopic (exact) mass is 661 g/mol. The van der Waals surface area contributed by atoms with E-state index in [9.17, 15) is 0 Å². The molecule has 1 saturated heterocycles. The molecular formula is C41H37F2NO5. The Hall–Kier alpha value is -5.08. The Labute approximate surface area is 284 Å². The molecule has 0 radical (unpaired) electrons. The number of fused-ring (bicyclic) bond motifs is 8. The minimum atomic E-state index is -1.05. The first-order valence-corrected chi connectivity index (χ1v) is 16.4. The summed E-state index contributed by atoms with van der Waals surface area (Å²) in [6, 6.07) is 22.2. The summed E-state index contributed by atoms with van der Waals surface area (Å²) in [5, 5.41) is 1.62. The minimum Gasteiger partial charge on any atom is -0.497 e. The summed E-state index contributed by atoms with van der Waals surface area (Å²) in [5.41, 5.74) is 4.37. The van der Waals surface area contributed by atoms with E-state index in [1.807, 2.05) is 68.4 Å². The zero-order valence-corrected chi connectivity index (χ0v) is 28.2. The molecule has 1 aliphatic carbocycles. The summed E-state index contributed by atoms with van der Waals surface area (Å²) in [6.45, 7) is 6.57. The molecule has 0 atom stereocenters. The molecule has 5 aromatic carbocycles. The molecule has 0 N–H and O–H groups in total. The third kappa shape index (κ3) is 4.68. The molecule has 5 aromatic rings. The van der Waals surface area contributed by atoms with Gasteiger partial charge in [-0.05, 0) is 70.6 Å². The van der Waals surface area contributed by atoms with Crippen LogP contribution in [-0.2, 0) is 15.8 Å². The Balaban J connectivity index is 1.46. The Morgan fingerprint density at radius 1 is 0.735 bits per heavy atom. The summed E-state index contributed by atoms with van der Waals surface area (Å²) in [4.78, 5) is 2.24. The number of halogens is 2. The van der Waals surface area contributed by atoms with Crippen molar-refractivity contribution < 1.29 is 32.5 Å². The third-order valence-corrected chi connectivity index (χ3v) is 10.3. The average molecular weight is 662 g/mol. The molecule has 1 fully saturated rings. The van der Waals surface area contributed by atoms with Crippen molar-refractivity contribution in [1.82, 2.24) is 0 Å². The van der Waals surface area contributed by atoms with Gasteiger partial charge >= 0.3 is 0 Å². The van der Waals surface area contributed by atoms with Crippen molar-refractivity contribution in [2.24, 2.45) is 0 Å². The number of morpholine rings is 1. The van der Waals surface area contributed by atoms with Crippen LogP contribution in [0.5, 0.6) is 23.0 Å². The molecule has 0 aromatic heterocycles. The van der Waals surface area contributed by atoms with Crippen LogP contribution in [-0.4, -0.2) is 47.6 Å². The van der Waals surface area contributed by atoms with Crippen LogP contribution in [0.4, 0.5) is 14.5 Å². The number of nitrogens with zero attached hydrogens (tertiary/aromatic N) is 1. The lowest BCUT2D eigenvalue weighted by molar-refractivity contribution is 0.122. The van der Waals surface area contributed by atoms with Crippen molar-refractivity contribution in [3.05, 3.63) is 118 Å². The fourth-order valence-corrected chi connectivity index (χ4v) is 7.98. The number of methoxy groups -OCH3 is 3. The number of benzene rings is 5. The Bertz CT molecular complexity index is 2090. The fourth-order valence-electron chi connectivity index (χ4n) is 7.98. The molecule has 3 aliphatic rings. The first-order chi connectivity index (χ1) is 23.7. The number of hydrogen-bond donors (Lipinski definition) is 0. The van der Waals surface area contributed by atoms with Gasteiger partial charge in [0.1, 0.15) is 34.6 Å². The van der Waals surface area contributed by atoms with Crippen LogP contribution in [0, 0.1) is 11.6 Å². The van der Waals surface area contributed by atoms with Gasteiger partial charge in [-0.2, -0.15) is 0 Å².